The van der Waals surface area contributed by atoms with E-state index in [-0.39, 0.29) is 0 Å². The molecule has 1 aromatic heterocycles. The van der Waals surface area contributed by atoms with E-state index in [0.717, 1.165) is 3.79 Å². The quantitative estimate of drug-likeness (QED) is 0.877. The molecule has 106 valence electrons. The van der Waals surface area contributed by atoms with Crippen LogP contribution in [0, 0.1) is 0 Å². The minimum absolute atomic E-state index is 0.393. The Bertz CT molecular complexity index is 618. The number of nitrogens with zero attached hydrogens (tertiary/aromatic N) is 1. The summed E-state index contributed by atoms with van der Waals surface area (Å²) in [5, 5.41) is 5.82. The molecule has 2 N–H and O–H groups in total. The normalized spacial score (nSPS) is 9.95. The molecule has 2 amide bonds. The first-order valence-corrected chi connectivity index (χ1v) is 7.14. The van der Waals surface area contributed by atoms with Crippen LogP contribution in [0.5, 0.6) is 11.5 Å². The number of urea groups is 1. The molecule has 0 spiro atoms. The van der Waals surface area contributed by atoms with E-state index in [1.807, 2.05) is 0 Å². The van der Waals surface area contributed by atoms with Crippen molar-refractivity contribution in [1.29, 1.82) is 0 Å². The van der Waals surface area contributed by atoms with E-state index in [4.69, 9.17) is 9.47 Å². The first-order valence-electron chi connectivity index (χ1n) is 5.53. The van der Waals surface area contributed by atoms with E-state index in [1.54, 1.807) is 31.5 Å². The van der Waals surface area contributed by atoms with Gasteiger partial charge in [0.05, 0.1) is 29.9 Å². The lowest BCUT2D eigenvalue weighted by atomic mass is 10.2. The van der Waals surface area contributed by atoms with Crippen LogP contribution in [0.1, 0.15) is 0 Å². The zero-order chi connectivity index (χ0) is 14.5. The molecule has 0 aliphatic heterocycles. The van der Waals surface area contributed by atoms with Crippen LogP contribution in [0.3, 0.4) is 0 Å². The lowest BCUT2D eigenvalue weighted by Crippen LogP contribution is -2.19. The number of hydrogen-bond acceptors (Lipinski definition) is 5. The Balaban J connectivity index is 2.07. The van der Waals surface area contributed by atoms with Crippen molar-refractivity contribution in [1.82, 2.24) is 4.98 Å². The van der Waals surface area contributed by atoms with Gasteiger partial charge in [-0.15, -0.1) is 0 Å². The van der Waals surface area contributed by atoms with Gasteiger partial charge in [-0.1, -0.05) is 11.3 Å². The minimum Gasteiger partial charge on any atom is -0.497 e. The van der Waals surface area contributed by atoms with Crippen LogP contribution in [-0.2, 0) is 0 Å². The van der Waals surface area contributed by atoms with Crippen molar-refractivity contribution in [3.8, 4) is 11.5 Å². The molecule has 0 unspecified atom stereocenters. The number of methoxy groups -OCH3 is 2. The Labute approximate surface area is 128 Å². The highest BCUT2D eigenvalue weighted by Gasteiger charge is 2.10. The van der Waals surface area contributed by atoms with Crippen LogP contribution in [0.25, 0.3) is 0 Å². The van der Waals surface area contributed by atoms with Crippen molar-refractivity contribution < 1.29 is 14.3 Å². The lowest BCUT2D eigenvalue weighted by Gasteiger charge is -2.11. The fraction of sp³-hybridized carbons (Fsp3) is 0.167. The molecular formula is C12H12BrN3O3S. The number of benzene rings is 1. The molecule has 0 radical (unpaired) electrons. The van der Waals surface area contributed by atoms with Gasteiger partial charge in [-0.05, 0) is 28.1 Å². The molecule has 0 atom stereocenters. The van der Waals surface area contributed by atoms with Crippen LogP contribution < -0.4 is 20.1 Å². The summed E-state index contributed by atoms with van der Waals surface area (Å²) in [4.78, 5) is 15.9. The van der Waals surface area contributed by atoms with Crippen LogP contribution >= 0.6 is 27.3 Å². The number of halogens is 1. The summed E-state index contributed by atoms with van der Waals surface area (Å²) in [6.07, 6.45) is 1.62. The van der Waals surface area contributed by atoms with Gasteiger partial charge in [0.1, 0.15) is 11.5 Å². The Hall–Kier alpha value is -1.80. The average Bonchev–Trinajstić information content (AvgIpc) is 2.84. The molecule has 2 rings (SSSR count). The number of rotatable bonds is 4. The molecule has 1 aromatic carbocycles. The predicted molar refractivity (Wildman–Crippen MR) is 82.0 cm³/mol. The van der Waals surface area contributed by atoms with E-state index in [1.165, 1.54) is 18.4 Å². The van der Waals surface area contributed by atoms with E-state index < -0.39 is 6.03 Å². The summed E-state index contributed by atoms with van der Waals surface area (Å²) < 4.78 is 11.1. The molecule has 0 fully saturated rings. The maximum Gasteiger partial charge on any atom is 0.325 e. The largest absolute Gasteiger partial charge is 0.497 e. The molecule has 0 saturated heterocycles. The van der Waals surface area contributed by atoms with Crippen molar-refractivity contribution >= 4 is 44.1 Å². The van der Waals surface area contributed by atoms with Gasteiger partial charge in [0.2, 0.25) is 0 Å². The van der Waals surface area contributed by atoms with Crippen molar-refractivity contribution in [2.24, 2.45) is 0 Å². The molecule has 0 saturated carbocycles. The molecule has 20 heavy (non-hydrogen) atoms. The summed E-state index contributed by atoms with van der Waals surface area (Å²) in [6.45, 7) is 0. The van der Waals surface area contributed by atoms with Gasteiger partial charge < -0.3 is 14.8 Å². The van der Waals surface area contributed by atoms with Gasteiger partial charge in [0, 0.05) is 6.07 Å². The molecule has 0 bridgehead atoms. The Morgan fingerprint density at radius 3 is 2.70 bits per heavy atom. The molecule has 6 nitrogen and oxygen atoms in total. The third-order valence-corrected chi connectivity index (χ3v) is 3.75. The number of ether oxygens (including phenoxy) is 2. The maximum atomic E-state index is 11.9. The van der Waals surface area contributed by atoms with Gasteiger partial charge in [-0.2, -0.15) is 0 Å². The van der Waals surface area contributed by atoms with Gasteiger partial charge >= 0.3 is 6.03 Å². The first-order chi connectivity index (χ1) is 9.62. The summed E-state index contributed by atoms with van der Waals surface area (Å²) in [6, 6.07) is 4.73. The Morgan fingerprint density at radius 2 is 2.10 bits per heavy atom. The van der Waals surface area contributed by atoms with Crippen LogP contribution in [0.15, 0.2) is 28.2 Å². The van der Waals surface area contributed by atoms with Crippen molar-refractivity contribution in [2.45, 2.75) is 0 Å². The number of carbonyl (C=O) groups excluding carboxylic acids is 1. The topological polar surface area (TPSA) is 72.5 Å². The van der Waals surface area contributed by atoms with Gasteiger partial charge in [0.15, 0.2) is 5.13 Å². The molecule has 0 aliphatic rings. The van der Waals surface area contributed by atoms with Crippen molar-refractivity contribution in [3.05, 3.63) is 28.2 Å². The number of nitrogens with one attached hydrogen (secondary N) is 2. The molecule has 0 aliphatic carbocycles. The van der Waals surface area contributed by atoms with E-state index in [9.17, 15) is 4.79 Å². The molecular weight excluding hydrogens is 346 g/mol. The summed E-state index contributed by atoms with van der Waals surface area (Å²) >= 11 is 4.60. The van der Waals surface area contributed by atoms with E-state index in [0.29, 0.717) is 22.3 Å². The fourth-order valence-electron chi connectivity index (χ4n) is 1.46. The van der Waals surface area contributed by atoms with E-state index in [2.05, 4.69) is 31.5 Å². The van der Waals surface area contributed by atoms with Gasteiger partial charge in [0.25, 0.3) is 0 Å². The third kappa shape index (κ3) is 3.61. The predicted octanol–water partition coefficient (Wildman–Crippen LogP) is 3.57. The highest BCUT2D eigenvalue weighted by molar-refractivity contribution is 9.11. The maximum absolute atomic E-state index is 11.9. The number of anilines is 2. The zero-order valence-corrected chi connectivity index (χ0v) is 13.2. The molecule has 8 heteroatoms. The number of hydrogen-bond donors (Lipinski definition) is 2. The van der Waals surface area contributed by atoms with Crippen LogP contribution in [0.2, 0.25) is 0 Å². The second-order valence-corrected chi connectivity index (χ2v) is 6.02. The summed E-state index contributed by atoms with van der Waals surface area (Å²) in [7, 11) is 3.09. The Kier molecular flexibility index (Phi) is 4.80. The highest BCUT2D eigenvalue weighted by atomic mass is 79.9. The SMILES string of the molecule is COc1ccc(NC(=O)Nc2ncc(Br)s2)c(OC)c1. The monoisotopic (exact) mass is 357 g/mol. The van der Waals surface area contributed by atoms with E-state index >= 15 is 0 Å². The standard InChI is InChI=1S/C12H12BrN3O3S/c1-18-7-3-4-8(9(5-7)19-2)15-11(17)16-12-14-6-10(13)20-12/h3-6H,1-2H3,(H2,14,15,16,17). The average molecular weight is 358 g/mol. The molecule has 1 heterocycles. The second-order valence-electron chi connectivity index (χ2n) is 3.61. The highest BCUT2D eigenvalue weighted by Crippen LogP contribution is 2.29. The first kappa shape index (κ1) is 14.6. The van der Waals surface area contributed by atoms with Crippen LogP contribution in [0.4, 0.5) is 15.6 Å². The number of amides is 2. The van der Waals surface area contributed by atoms with Gasteiger partial charge in [-0.25, -0.2) is 9.78 Å². The third-order valence-electron chi connectivity index (χ3n) is 2.35. The zero-order valence-electron chi connectivity index (χ0n) is 10.8. The lowest BCUT2D eigenvalue weighted by molar-refractivity contribution is 0.262. The summed E-state index contributed by atoms with van der Waals surface area (Å²) in [5.41, 5.74) is 0.543. The second kappa shape index (κ2) is 6.58. The smallest absolute Gasteiger partial charge is 0.325 e. The van der Waals surface area contributed by atoms with Gasteiger partial charge in [-0.3, -0.25) is 5.32 Å². The molecule has 2 aromatic rings. The fourth-order valence-corrected chi connectivity index (χ4v) is 2.57. The Morgan fingerprint density at radius 1 is 1.30 bits per heavy atom. The van der Waals surface area contributed by atoms with Crippen LogP contribution in [-0.4, -0.2) is 25.2 Å². The van der Waals surface area contributed by atoms with Crippen molar-refractivity contribution in [3.63, 3.8) is 0 Å². The number of carbonyl (C=O) groups is 1. The minimum atomic E-state index is -0.393. The number of thiazole rings is 1. The van der Waals surface area contributed by atoms with Crippen molar-refractivity contribution in [2.75, 3.05) is 24.9 Å². The summed E-state index contributed by atoms with van der Waals surface area (Å²) in [5.74, 6) is 1.16. The number of aromatic nitrogens is 1.